The quantitative estimate of drug-likeness (QED) is 0.222. The molecule has 0 aliphatic heterocycles. The SMILES string of the molecule is CCC(CC)CCC(C)C(C(=O)O)C(C(=O)O)(C(C)CCC(CC)CC)S(=O)(=O)O.[NaH]. The molecular formula is C22H43NaO7S. The van der Waals surface area contributed by atoms with Crippen molar-refractivity contribution in [3.05, 3.63) is 0 Å². The molecule has 0 aromatic rings. The van der Waals surface area contributed by atoms with E-state index in [1.807, 2.05) is 27.7 Å². The van der Waals surface area contributed by atoms with Gasteiger partial charge in [-0.2, -0.15) is 8.42 Å². The predicted octanol–water partition coefficient (Wildman–Crippen LogP) is 4.45. The summed E-state index contributed by atoms with van der Waals surface area (Å²) >= 11 is 0. The molecule has 9 heteroatoms. The van der Waals surface area contributed by atoms with E-state index in [1.54, 1.807) is 6.92 Å². The molecule has 3 N–H and O–H groups in total. The summed E-state index contributed by atoms with van der Waals surface area (Å²) in [6, 6.07) is 0. The summed E-state index contributed by atoms with van der Waals surface area (Å²) in [6.45, 7) is 11.1. The van der Waals surface area contributed by atoms with Gasteiger partial charge in [-0.05, 0) is 36.5 Å². The summed E-state index contributed by atoms with van der Waals surface area (Å²) in [5.41, 5.74) is 0. The zero-order valence-corrected chi connectivity index (χ0v) is 20.2. The van der Waals surface area contributed by atoms with Crippen molar-refractivity contribution in [2.24, 2.45) is 29.6 Å². The molecule has 4 unspecified atom stereocenters. The first-order valence-corrected chi connectivity index (χ1v) is 12.7. The number of carboxylic acid groups (broad SMARTS) is 2. The van der Waals surface area contributed by atoms with Gasteiger partial charge in [-0.3, -0.25) is 14.1 Å². The van der Waals surface area contributed by atoms with E-state index >= 15 is 0 Å². The van der Waals surface area contributed by atoms with E-state index in [0.29, 0.717) is 25.2 Å². The second-order valence-corrected chi connectivity index (χ2v) is 10.4. The van der Waals surface area contributed by atoms with Gasteiger partial charge in [0.2, 0.25) is 4.75 Å². The van der Waals surface area contributed by atoms with Gasteiger partial charge < -0.3 is 10.2 Å². The molecule has 0 aromatic carbocycles. The van der Waals surface area contributed by atoms with Crippen molar-refractivity contribution >= 4 is 51.6 Å². The topological polar surface area (TPSA) is 129 Å². The Kier molecular flexibility index (Phi) is 15.9. The number of aliphatic carboxylic acids is 2. The molecule has 0 saturated carbocycles. The van der Waals surface area contributed by atoms with Crippen molar-refractivity contribution in [2.45, 2.75) is 97.7 Å². The minimum atomic E-state index is -5.21. The molecule has 0 bridgehead atoms. The van der Waals surface area contributed by atoms with Gasteiger partial charge in [-0.25, -0.2) is 0 Å². The molecule has 4 atom stereocenters. The summed E-state index contributed by atoms with van der Waals surface area (Å²) in [4.78, 5) is 24.6. The van der Waals surface area contributed by atoms with Gasteiger partial charge in [0.15, 0.2) is 0 Å². The molecule has 0 spiro atoms. The molecule has 0 fully saturated rings. The summed E-state index contributed by atoms with van der Waals surface area (Å²) in [6.07, 6.45) is 5.40. The third-order valence-electron chi connectivity index (χ3n) is 7.14. The molecule has 180 valence electrons. The van der Waals surface area contributed by atoms with E-state index in [4.69, 9.17) is 0 Å². The molecule has 0 saturated heterocycles. The summed E-state index contributed by atoms with van der Waals surface area (Å²) in [5.74, 6) is -6.16. The van der Waals surface area contributed by atoms with Crippen LogP contribution in [0.15, 0.2) is 0 Å². The van der Waals surface area contributed by atoms with E-state index in [2.05, 4.69) is 0 Å². The summed E-state index contributed by atoms with van der Waals surface area (Å²) in [5, 5.41) is 20.0. The van der Waals surface area contributed by atoms with Gasteiger partial charge in [0.25, 0.3) is 10.1 Å². The average molecular weight is 475 g/mol. The first kappa shape index (κ1) is 33.0. The summed E-state index contributed by atoms with van der Waals surface area (Å²) in [7, 11) is -5.21. The van der Waals surface area contributed by atoms with Crippen LogP contribution in [0.3, 0.4) is 0 Å². The number of carboxylic acids is 2. The van der Waals surface area contributed by atoms with Crippen LogP contribution in [-0.2, 0) is 19.7 Å². The fourth-order valence-corrected chi connectivity index (χ4v) is 6.29. The second kappa shape index (κ2) is 14.9. The van der Waals surface area contributed by atoms with Crippen LogP contribution in [0.1, 0.15) is 92.9 Å². The third kappa shape index (κ3) is 8.29. The van der Waals surface area contributed by atoms with E-state index in [0.717, 1.165) is 25.7 Å². The monoisotopic (exact) mass is 474 g/mol. The maximum absolute atomic E-state index is 12.5. The first-order chi connectivity index (χ1) is 13.8. The van der Waals surface area contributed by atoms with Crippen LogP contribution in [0.25, 0.3) is 0 Å². The Hall–Kier alpha value is -0.150. The average Bonchev–Trinajstić information content (AvgIpc) is 2.65. The van der Waals surface area contributed by atoms with Gasteiger partial charge in [0.05, 0.1) is 5.92 Å². The van der Waals surface area contributed by atoms with E-state index in [9.17, 15) is 32.8 Å². The van der Waals surface area contributed by atoms with Gasteiger partial charge in [-0.1, -0.05) is 80.1 Å². The Balaban J connectivity index is 0. The van der Waals surface area contributed by atoms with Crippen LogP contribution in [-0.4, -0.2) is 69.4 Å². The molecule has 31 heavy (non-hydrogen) atoms. The Labute approximate surface area is 210 Å². The van der Waals surface area contributed by atoms with Crippen molar-refractivity contribution in [1.29, 1.82) is 0 Å². The van der Waals surface area contributed by atoms with Gasteiger partial charge in [-0.15, -0.1) is 0 Å². The summed E-state index contributed by atoms with van der Waals surface area (Å²) < 4.78 is 32.4. The van der Waals surface area contributed by atoms with Crippen LogP contribution >= 0.6 is 0 Å². The maximum atomic E-state index is 12.5. The molecule has 7 nitrogen and oxygen atoms in total. The van der Waals surface area contributed by atoms with E-state index < -0.39 is 44.6 Å². The first-order valence-electron chi connectivity index (χ1n) is 11.3. The molecular weight excluding hydrogens is 431 g/mol. The number of rotatable bonds is 16. The number of carbonyl (C=O) groups is 2. The van der Waals surface area contributed by atoms with Crippen LogP contribution in [0.2, 0.25) is 0 Å². The Morgan fingerprint density at radius 2 is 1.19 bits per heavy atom. The zero-order valence-electron chi connectivity index (χ0n) is 19.4. The minimum absolute atomic E-state index is 0. The molecule has 0 rings (SSSR count). The zero-order chi connectivity index (χ0) is 23.7. The Morgan fingerprint density at radius 1 is 0.806 bits per heavy atom. The standard InChI is InChI=1S/C22H42O7S.Na.H/c1-7-17(8-2)13-11-15(5)19(20(23)24)22(21(25)26,30(27,28)29)16(6)12-14-18(9-3)10-4;;/h15-19H,7-14H2,1-6H3,(H,23,24)(H,25,26)(H,27,28,29);;. The molecule has 0 amide bonds. The van der Waals surface area contributed by atoms with Crippen molar-refractivity contribution in [1.82, 2.24) is 0 Å². The van der Waals surface area contributed by atoms with Crippen LogP contribution in [0.5, 0.6) is 0 Å². The second-order valence-electron chi connectivity index (χ2n) is 8.79. The van der Waals surface area contributed by atoms with Crippen molar-refractivity contribution in [3.8, 4) is 0 Å². The van der Waals surface area contributed by atoms with Gasteiger partial charge in [0.1, 0.15) is 0 Å². The van der Waals surface area contributed by atoms with Gasteiger partial charge >= 0.3 is 41.5 Å². The van der Waals surface area contributed by atoms with Crippen LogP contribution < -0.4 is 0 Å². The molecule has 0 aromatic heterocycles. The van der Waals surface area contributed by atoms with Crippen LogP contribution in [0.4, 0.5) is 0 Å². The molecule has 0 aliphatic rings. The van der Waals surface area contributed by atoms with Crippen molar-refractivity contribution in [3.63, 3.8) is 0 Å². The fraction of sp³-hybridized carbons (Fsp3) is 0.909. The van der Waals surface area contributed by atoms with Crippen molar-refractivity contribution < 1.29 is 32.8 Å². The molecule has 0 aliphatic carbocycles. The van der Waals surface area contributed by atoms with E-state index in [-0.39, 0.29) is 41.9 Å². The number of hydrogen-bond acceptors (Lipinski definition) is 4. The normalized spacial score (nSPS) is 16.9. The number of hydrogen-bond donors (Lipinski definition) is 3. The van der Waals surface area contributed by atoms with Crippen LogP contribution in [0, 0.1) is 29.6 Å². The Morgan fingerprint density at radius 3 is 1.48 bits per heavy atom. The fourth-order valence-electron chi connectivity index (χ4n) is 4.78. The van der Waals surface area contributed by atoms with Crippen molar-refractivity contribution in [2.75, 3.05) is 0 Å². The van der Waals surface area contributed by atoms with Gasteiger partial charge in [0, 0.05) is 0 Å². The molecule has 0 heterocycles. The molecule has 0 radical (unpaired) electrons. The van der Waals surface area contributed by atoms with E-state index in [1.165, 1.54) is 6.92 Å². The Bertz CT molecular complexity index is 644. The third-order valence-corrected chi connectivity index (χ3v) is 8.82. The predicted molar refractivity (Wildman–Crippen MR) is 125 cm³/mol.